The zero-order chi connectivity index (χ0) is 15.3. The van der Waals surface area contributed by atoms with Crippen LogP contribution in [0.5, 0.6) is 0 Å². The van der Waals surface area contributed by atoms with Crippen LogP contribution in [0.25, 0.3) is 0 Å². The number of aryl methyl sites for hydroxylation is 1. The van der Waals surface area contributed by atoms with E-state index < -0.39 is 17.5 Å². The number of amides is 2. The lowest BCUT2D eigenvalue weighted by Crippen LogP contribution is -2.56. The molecule has 1 rings (SSSR count). The Bertz CT molecular complexity index is 483. The van der Waals surface area contributed by atoms with Gasteiger partial charge in [0.25, 0.3) is 0 Å². The molecule has 1 aromatic rings. The highest BCUT2D eigenvalue weighted by atomic mass is 16.4. The molecule has 112 valence electrons. The molecular formula is C12H21N5O3. The average molecular weight is 283 g/mol. The number of nitrogens with one attached hydrogen (secondary N) is 1. The first-order valence-electron chi connectivity index (χ1n) is 6.42. The van der Waals surface area contributed by atoms with E-state index in [9.17, 15) is 9.59 Å². The van der Waals surface area contributed by atoms with Crippen molar-refractivity contribution in [1.29, 1.82) is 0 Å². The monoisotopic (exact) mass is 283 g/mol. The molecule has 0 aliphatic carbocycles. The summed E-state index contributed by atoms with van der Waals surface area (Å²) in [5, 5.41) is 19.5. The molecule has 1 aromatic heterocycles. The Morgan fingerprint density at radius 3 is 2.60 bits per heavy atom. The number of carboxylic acid groups (broad SMARTS) is 1. The minimum absolute atomic E-state index is 0.315. The van der Waals surface area contributed by atoms with E-state index in [4.69, 9.17) is 5.11 Å². The fourth-order valence-electron chi connectivity index (χ4n) is 1.82. The molecule has 0 saturated carbocycles. The maximum absolute atomic E-state index is 12.0. The maximum Gasteiger partial charge on any atom is 0.329 e. The molecule has 20 heavy (non-hydrogen) atoms. The summed E-state index contributed by atoms with van der Waals surface area (Å²) in [6.45, 7) is 5.43. The van der Waals surface area contributed by atoms with Crippen LogP contribution in [0.4, 0.5) is 4.79 Å². The van der Waals surface area contributed by atoms with E-state index >= 15 is 0 Å². The molecule has 0 aliphatic heterocycles. The van der Waals surface area contributed by atoms with E-state index in [1.54, 1.807) is 17.8 Å². The van der Waals surface area contributed by atoms with Crippen molar-refractivity contribution in [1.82, 2.24) is 25.0 Å². The molecule has 0 aromatic carbocycles. The summed E-state index contributed by atoms with van der Waals surface area (Å²) in [5.41, 5.74) is -1.25. The normalized spacial score (nSPS) is 11.2. The van der Waals surface area contributed by atoms with Crippen molar-refractivity contribution in [2.45, 2.75) is 32.7 Å². The molecule has 0 spiro atoms. The lowest BCUT2D eigenvalue weighted by molar-refractivity contribution is -0.147. The van der Waals surface area contributed by atoms with Gasteiger partial charge in [-0.1, -0.05) is 0 Å². The molecule has 0 atom stereocenters. The van der Waals surface area contributed by atoms with Crippen LogP contribution >= 0.6 is 0 Å². The van der Waals surface area contributed by atoms with E-state index in [2.05, 4.69) is 15.5 Å². The van der Waals surface area contributed by atoms with Crippen LogP contribution in [0.1, 0.15) is 26.6 Å². The summed E-state index contributed by atoms with van der Waals surface area (Å²) >= 11 is 0. The summed E-state index contributed by atoms with van der Waals surface area (Å²) in [7, 11) is 1.82. The molecule has 0 radical (unpaired) electrons. The Balaban J connectivity index is 2.56. The van der Waals surface area contributed by atoms with Gasteiger partial charge in [0.15, 0.2) is 0 Å². The zero-order valence-corrected chi connectivity index (χ0v) is 12.3. The zero-order valence-electron chi connectivity index (χ0n) is 12.3. The van der Waals surface area contributed by atoms with Crippen molar-refractivity contribution >= 4 is 12.0 Å². The summed E-state index contributed by atoms with van der Waals surface area (Å²) in [5.74, 6) is -0.284. The van der Waals surface area contributed by atoms with Gasteiger partial charge in [0, 0.05) is 26.6 Å². The predicted molar refractivity (Wildman–Crippen MR) is 72.2 cm³/mol. The molecule has 0 aliphatic rings. The van der Waals surface area contributed by atoms with Crippen LogP contribution in [0.2, 0.25) is 0 Å². The van der Waals surface area contributed by atoms with Crippen LogP contribution < -0.4 is 5.32 Å². The Morgan fingerprint density at radius 2 is 2.15 bits per heavy atom. The molecule has 2 N–H and O–H groups in total. The molecule has 0 unspecified atom stereocenters. The molecule has 1 heterocycles. The molecule has 0 saturated heterocycles. The van der Waals surface area contributed by atoms with Crippen LogP contribution in [0, 0.1) is 0 Å². The van der Waals surface area contributed by atoms with Gasteiger partial charge in [-0.2, -0.15) is 0 Å². The van der Waals surface area contributed by atoms with Gasteiger partial charge in [-0.25, -0.2) is 9.59 Å². The van der Waals surface area contributed by atoms with Crippen molar-refractivity contribution in [2.24, 2.45) is 7.05 Å². The van der Waals surface area contributed by atoms with Gasteiger partial charge in [0.1, 0.15) is 17.7 Å². The number of urea groups is 1. The first-order valence-corrected chi connectivity index (χ1v) is 6.42. The minimum atomic E-state index is -1.25. The van der Waals surface area contributed by atoms with Gasteiger partial charge in [0.05, 0.1) is 0 Å². The number of rotatable bonds is 6. The summed E-state index contributed by atoms with van der Waals surface area (Å²) in [6.07, 6.45) is 2.12. The van der Waals surface area contributed by atoms with Gasteiger partial charge in [-0.3, -0.25) is 0 Å². The van der Waals surface area contributed by atoms with Crippen molar-refractivity contribution in [3.8, 4) is 0 Å². The lowest BCUT2D eigenvalue weighted by Gasteiger charge is -2.34. The largest absolute Gasteiger partial charge is 0.480 e. The number of aromatic nitrogens is 3. The maximum atomic E-state index is 12.0. The van der Waals surface area contributed by atoms with Gasteiger partial charge in [-0.05, 0) is 20.8 Å². The number of carboxylic acids is 1. The fourth-order valence-corrected chi connectivity index (χ4v) is 1.82. The molecule has 8 heteroatoms. The first-order chi connectivity index (χ1) is 9.30. The van der Waals surface area contributed by atoms with Gasteiger partial charge >= 0.3 is 12.0 Å². The Kier molecular flexibility index (Phi) is 5.06. The molecule has 0 fully saturated rings. The Labute approximate surface area is 117 Å². The van der Waals surface area contributed by atoms with Crippen LogP contribution in [0.3, 0.4) is 0 Å². The highest BCUT2D eigenvalue weighted by Crippen LogP contribution is 2.14. The van der Waals surface area contributed by atoms with Crippen molar-refractivity contribution < 1.29 is 14.7 Å². The highest BCUT2D eigenvalue weighted by molar-refractivity contribution is 5.85. The highest BCUT2D eigenvalue weighted by Gasteiger charge is 2.36. The smallest absolute Gasteiger partial charge is 0.329 e. The molecule has 2 amide bonds. The third kappa shape index (κ3) is 3.46. The van der Waals surface area contributed by atoms with Crippen molar-refractivity contribution in [3.63, 3.8) is 0 Å². The summed E-state index contributed by atoms with van der Waals surface area (Å²) in [6, 6.07) is -0.401. The number of carbonyl (C=O) groups is 2. The van der Waals surface area contributed by atoms with Crippen molar-refractivity contribution in [2.75, 3.05) is 13.1 Å². The van der Waals surface area contributed by atoms with Crippen molar-refractivity contribution in [3.05, 3.63) is 12.2 Å². The van der Waals surface area contributed by atoms with Gasteiger partial charge in [0.2, 0.25) is 0 Å². The second-order valence-corrected chi connectivity index (χ2v) is 4.95. The number of hydrogen-bond acceptors (Lipinski definition) is 4. The Morgan fingerprint density at radius 1 is 1.50 bits per heavy atom. The number of likely N-dealkylation sites (N-methyl/N-ethyl adjacent to an activating group) is 1. The third-order valence-corrected chi connectivity index (χ3v) is 3.19. The molecule has 8 nitrogen and oxygen atoms in total. The van der Waals surface area contributed by atoms with Gasteiger partial charge < -0.3 is 19.9 Å². The van der Waals surface area contributed by atoms with Crippen LogP contribution in [-0.4, -0.2) is 55.4 Å². The standard InChI is InChI=1S/C12H21N5O3/c1-5-17(12(2,3)10(18)19)11(20)13-7-6-9-15-14-8-16(9)4/h8H,5-7H2,1-4H3,(H,13,20)(H,18,19). The third-order valence-electron chi connectivity index (χ3n) is 3.19. The lowest BCUT2D eigenvalue weighted by atomic mass is 10.0. The fraction of sp³-hybridized carbons (Fsp3) is 0.667. The SMILES string of the molecule is CCN(C(=O)NCCc1nncn1C)C(C)(C)C(=O)O. The van der Waals surface area contributed by atoms with Crippen LogP contribution in [0.15, 0.2) is 6.33 Å². The molecule has 0 bridgehead atoms. The second-order valence-electron chi connectivity index (χ2n) is 4.95. The topological polar surface area (TPSA) is 100 Å². The summed E-state index contributed by atoms with van der Waals surface area (Å²) in [4.78, 5) is 24.5. The van der Waals surface area contributed by atoms with E-state index in [1.165, 1.54) is 18.7 Å². The van der Waals surface area contributed by atoms with E-state index in [0.29, 0.717) is 19.5 Å². The number of aliphatic carboxylic acids is 1. The number of carbonyl (C=O) groups excluding carboxylic acids is 1. The average Bonchev–Trinajstić information content (AvgIpc) is 2.75. The number of nitrogens with zero attached hydrogens (tertiary/aromatic N) is 4. The minimum Gasteiger partial charge on any atom is -0.480 e. The van der Waals surface area contributed by atoms with E-state index in [1.807, 2.05) is 7.05 Å². The molecular weight excluding hydrogens is 262 g/mol. The van der Waals surface area contributed by atoms with E-state index in [-0.39, 0.29) is 0 Å². The van der Waals surface area contributed by atoms with Crippen LogP contribution in [-0.2, 0) is 18.3 Å². The Hall–Kier alpha value is -2.12. The first kappa shape index (κ1) is 15.9. The predicted octanol–water partition coefficient (Wildman–Crippen LogP) is 0.252. The van der Waals surface area contributed by atoms with E-state index in [0.717, 1.165) is 5.82 Å². The number of hydrogen-bond donors (Lipinski definition) is 2. The second kappa shape index (κ2) is 6.36. The quantitative estimate of drug-likeness (QED) is 0.779. The summed E-state index contributed by atoms with van der Waals surface area (Å²) < 4.78 is 1.77. The van der Waals surface area contributed by atoms with Gasteiger partial charge in [-0.15, -0.1) is 10.2 Å².